The number of rotatable bonds is 7. The zero-order valence-corrected chi connectivity index (χ0v) is 12.1. The molecule has 0 aliphatic heterocycles. The Morgan fingerprint density at radius 1 is 1.50 bits per heavy atom. The molecule has 0 heterocycles. The van der Waals surface area contributed by atoms with Gasteiger partial charge in [-0.2, -0.15) is 0 Å². The summed E-state index contributed by atoms with van der Waals surface area (Å²) in [5.74, 6) is -0.299. The van der Waals surface area contributed by atoms with Gasteiger partial charge in [-0.1, -0.05) is 12.1 Å². The maximum atomic E-state index is 12.3. The van der Waals surface area contributed by atoms with Crippen molar-refractivity contribution in [1.82, 2.24) is 4.90 Å². The van der Waals surface area contributed by atoms with Crippen LogP contribution in [0.3, 0.4) is 0 Å². The highest BCUT2D eigenvalue weighted by Crippen LogP contribution is 2.12. The third-order valence-corrected chi connectivity index (χ3v) is 3.52. The van der Waals surface area contributed by atoms with Crippen molar-refractivity contribution in [2.45, 2.75) is 4.90 Å². The summed E-state index contributed by atoms with van der Waals surface area (Å²) in [4.78, 5) is 13.7. The van der Waals surface area contributed by atoms with Gasteiger partial charge in [0.2, 0.25) is 10.0 Å². The first-order valence-corrected chi connectivity index (χ1v) is 7.46. The zero-order chi connectivity index (χ0) is 15.2. The van der Waals surface area contributed by atoms with Crippen molar-refractivity contribution in [3.8, 4) is 0 Å². The number of carbonyl (C=O) groups is 1. The fourth-order valence-corrected chi connectivity index (χ4v) is 2.18. The number of benzene rings is 1. The maximum Gasteiger partial charge on any atom is 0.254 e. The molecule has 0 radical (unpaired) electrons. The molecule has 0 saturated carbocycles. The second kappa shape index (κ2) is 7.18. The van der Waals surface area contributed by atoms with Crippen LogP contribution >= 0.6 is 0 Å². The fraction of sp³-hybridized carbons (Fsp3) is 0.308. The lowest BCUT2D eigenvalue weighted by atomic mass is 10.2. The van der Waals surface area contributed by atoms with E-state index in [0.29, 0.717) is 19.7 Å². The quantitative estimate of drug-likeness (QED) is 0.747. The average Bonchev–Trinajstić information content (AvgIpc) is 2.42. The van der Waals surface area contributed by atoms with Crippen molar-refractivity contribution in [3.63, 3.8) is 0 Å². The van der Waals surface area contributed by atoms with E-state index in [2.05, 4.69) is 6.58 Å². The number of hydrogen-bond donors (Lipinski definition) is 1. The molecule has 0 unspecified atom stereocenters. The van der Waals surface area contributed by atoms with Crippen LogP contribution in [0.15, 0.2) is 41.8 Å². The number of sulfonamides is 1. The summed E-state index contributed by atoms with van der Waals surface area (Å²) in [5.41, 5.74) is 0.259. The van der Waals surface area contributed by atoms with E-state index < -0.39 is 10.0 Å². The van der Waals surface area contributed by atoms with Gasteiger partial charge in [0.1, 0.15) is 0 Å². The van der Waals surface area contributed by atoms with Gasteiger partial charge in [-0.05, 0) is 18.2 Å². The molecule has 0 aliphatic rings. The largest absolute Gasteiger partial charge is 0.383 e. The lowest BCUT2D eigenvalue weighted by molar-refractivity contribution is 0.0718. The molecule has 1 aromatic carbocycles. The van der Waals surface area contributed by atoms with Crippen LogP contribution in [0, 0.1) is 0 Å². The van der Waals surface area contributed by atoms with Crippen molar-refractivity contribution in [2.75, 3.05) is 26.8 Å². The second-order valence-corrected chi connectivity index (χ2v) is 5.67. The molecule has 7 heteroatoms. The molecular weight excluding hydrogens is 280 g/mol. The predicted molar refractivity (Wildman–Crippen MR) is 75.8 cm³/mol. The normalized spacial score (nSPS) is 11.1. The van der Waals surface area contributed by atoms with Gasteiger partial charge in [-0.15, -0.1) is 6.58 Å². The molecule has 1 rings (SSSR count). The second-order valence-electron chi connectivity index (χ2n) is 4.11. The summed E-state index contributed by atoms with van der Waals surface area (Å²) in [6.45, 7) is 4.71. The molecule has 20 heavy (non-hydrogen) atoms. The van der Waals surface area contributed by atoms with E-state index in [1.54, 1.807) is 12.1 Å². The number of nitrogens with zero attached hydrogens (tertiary/aromatic N) is 1. The number of nitrogens with two attached hydrogens (primary N) is 1. The van der Waals surface area contributed by atoms with Gasteiger partial charge in [0.25, 0.3) is 5.91 Å². The van der Waals surface area contributed by atoms with Gasteiger partial charge >= 0.3 is 0 Å². The predicted octanol–water partition coefficient (Wildman–Crippen LogP) is 0.609. The Balaban J connectivity index is 3.02. The zero-order valence-electron chi connectivity index (χ0n) is 11.3. The first kappa shape index (κ1) is 16.4. The first-order chi connectivity index (χ1) is 9.40. The van der Waals surface area contributed by atoms with Crippen LogP contribution in [0.2, 0.25) is 0 Å². The van der Waals surface area contributed by atoms with Crippen LogP contribution in [0.5, 0.6) is 0 Å². The molecule has 0 aromatic heterocycles. The Morgan fingerprint density at radius 2 is 2.20 bits per heavy atom. The minimum absolute atomic E-state index is 0.0892. The number of ether oxygens (including phenoxy) is 1. The Hall–Kier alpha value is -1.70. The van der Waals surface area contributed by atoms with Crippen LogP contribution in [0.25, 0.3) is 0 Å². The van der Waals surface area contributed by atoms with Gasteiger partial charge in [0.05, 0.1) is 11.5 Å². The third-order valence-electron chi connectivity index (χ3n) is 2.61. The monoisotopic (exact) mass is 298 g/mol. The van der Waals surface area contributed by atoms with Gasteiger partial charge in [-0.25, -0.2) is 13.6 Å². The molecular formula is C13H18N2O4S. The molecule has 0 atom stereocenters. The lowest BCUT2D eigenvalue weighted by Gasteiger charge is -2.20. The van der Waals surface area contributed by atoms with Crippen LogP contribution in [-0.2, 0) is 14.8 Å². The Labute approximate surface area is 118 Å². The maximum absolute atomic E-state index is 12.3. The summed E-state index contributed by atoms with van der Waals surface area (Å²) in [5, 5.41) is 5.05. The number of hydrogen-bond acceptors (Lipinski definition) is 4. The standard InChI is InChI=1S/C13H18N2O4S/c1-3-7-15(8-9-19-2)13(16)11-5-4-6-12(10-11)20(14,17)18/h3-6,10H,1,7-9H2,2H3,(H2,14,17,18). The topological polar surface area (TPSA) is 89.7 Å². The highest BCUT2D eigenvalue weighted by atomic mass is 32.2. The van der Waals surface area contributed by atoms with Crippen molar-refractivity contribution < 1.29 is 17.9 Å². The van der Waals surface area contributed by atoms with Crippen LogP contribution in [0.4, 0.5) is 0 Å². The van der Waals surface area contributed by atoms with E-state index in [1.807, 2.05) is 0 Å². The van der Waals surface area contributed by atoms with Crippen LogP contribution in [-0.4, -0.2) is 46.0 Å². The van der Waals surface area contributed by atoms with Crippen molar-refractivity contribution in [1.29, 1.82) is 0 Å². The molecule has 0 saturated heterocycles. The molecule has 0 aliphatic carbocycles. The van der Waals surface area contributed by atoms with Crippen molar-refractivity contribution in [3.05, 3.63) is 42.5 Å². The average molecular weight is 298 g/mol. The summed E-state index contributed by atoms with van der Waals surface area (Å²) in [6, 6.07) is 5.63. The number of carbonyl (C=O) groups excluding carboxylic acids is 1. The molecule has 110 valence electrons. The number of amides is 1. The van der Waals surface area contributed by atoms with Gasteiger partial charge < -0.3 is 9.64 Å². The highest BCUT2D eigenvalue weighted by Gasteiger charge is 2.16. The van der Waals surface area contributed by atoms with E-state index in [9.17, 15) is 13.2 Å². The molecule has 2 N–H and O–H groups in total. The van der Waals surface area contributed by atoms with Crippen molar-refractivity contribution >= 4 is 15.9 Å². The van der Waals surface area contributed by atoms with Crippen LogP contribution < -0.4 is 5.14 Å². The molecule has 1 aromatic rings. The van der Waals surface area contributed by atoms with E-state index in [4.69, 9.17) is 9.88 Å². The van der Waals surface area contributed by atoms with E-state index >= 15 is 0 Å². The summed E-state index contributed by atoms with van der Waals surface area (Å²) in [6.07, 6.45) is 1.59. The van der Waals surface area contributed by atoms with Gasteiger partial charge in [0, 0.05) is 25.8 Å². The fourth-order valence-electron chi connectivity index (χ4n) is 1.62. The molecule has 6 nitrogen and oxygen atoms in total. The van der Waals surface area contributed by atoms with Gasteiger partial charge in [-0.3, -0.25) is 4.79 Å². The minimum Gasteiger partial charge on any atom is -0.383 e. The lowest BCUT2D eigenvalue weighted by Crippen LogP contribution is -2.34. The van der Waals surface area contributed by atoms with Gasteiger partial charge in [0.15, 0.2) is 0 Å². The van der Waals surface area contributed by atoms with E-state index in [1.165, 1.54) is 30.2 Å². The number of primary sulfonamides is 1. The number of methoxy groups -OCH3 is 1. The van der Waals surface area contributed by atoms with Crippen molar-refractivity contribution in [2.24, 2.45) is 5.14 Å². The molecule has 0 fully saturated rings. The van der Waals surface area contributed by atoms with E-state index in [0.717, 1.165) is 0 Å². The molecule has 1 amide bonds. The Morgan fingerprint density at radius 3 is 2.75 bits per heavy atom. The summed E-state index contributed by atoms with van der Waals surface area (Å²) in [7, 11) is -2.29. The first-order valence-electron chi connectivity index (χ1n) is 5.92. The van der Waals surface area contributed by atoms with Crippen LogP contribution in [0.1, 0.15) is 10.4 Å². The Kier molecular flexibility index (Phi) is 5.87. The smallest absolute Gasteiger partial charge is 0.254 e. The SMILES string of the molecule is C=CCN(CCOC)C(=O)c1cccc(S(N)(=O)=O)c1. The molecule has 0 bridgehead atoms. The highest BCUT2D eigenvalue weighted by molar-refractivity contribution is 7.89. The Bertz CT molecular complexity index is 584. The molecule has 0 spiro atoms. The summed E-state index contributed by atoms with van der Waals surface area (Å²) < 4.78 is 27.5. The summed E-state index contributed by atoms with van der Waals surface area (Å²) >= 11 is 0. The van der Waals surface area contributed by atoms with E-state index in [-0.39, 0.29) is 16.4 Å². The third kappa shape index (κ3) is 4.44. The minimum atomic E-state index is -3.83.